The van der Waals surface area contributed by atoms with Crippen LogP contribution < -0.4 is 0 Å². The van der Waals surface area contributed by atoms with Crippen molar-refractivity contribution in [3.8, 4) is 0 Å². The van der Waals surface area contributed by atoms with E-state index in [2.05, 4.69) is 4.52 Å². The van der Waals surface area contributed by atoms with E-state index < -0.39 is 44.5 Å². The van der Waals surface area contributed by atoms with Gasteiger partial charge < -0.3 is 30.2 Å². The molecule has 0 saturated heterocycles. The second kappa shape index (κ2) is 6.17. The number of carbonyl (C=O) groups excluding carboxylic acids is 1. The van der Waals surface area contributed by atoms with Crippen LogP contribution in [0.25, 0.3) is 0 Å². The third-order valence-electron chi connectivity index (χ3n) is 1.61. The van der Waals surface area contributed by atoms with E-state index in [4.69, 9.17) is 30.2 Å². The average molecular weight is 274 g/mol. The summed E-state index contributed by atoms with van der Waals surface area (Å²) in [7, 11) is -4.89. The molecule has 0 rings (SSSR count). The second-order valence-corrected chi connectivity index (χ2v) is 4.20. The van der Waals surface area contributed by atoms with Gasteiger partial charge in [0.2, 0.25) is 0 Å². The minimum atomic E-state index is -4.89. The smallest absolute Gasteiger partial charge is 0.469 e. The number of hydrogen-bond donors (Lipinski definition) is 6. The van der Waals surface area contributed by atoms with Crippen LogP contribution in [0.2, 0.25) is 0 Å². The summed E-state index contributed by atoms with van der Waals surface area (Å²) in [5.41, 5.74) is 0. The molecule has 0 radical (unpaired) electrons. The number of ketones is 1. The van der Waals surface area contributed by atoms with Gasteiger partial charge in [-0.1, -0.05) is 0 Å². The molecule has 0 aromatic carbocycles. The van der Waals surface area contributed by atoms with E-state index in [-0.39, 0.29) is 0 Å². The standard InChI is InChI=1S/C6H11O10P/c7-2(1-16-17(13,14)15)3(8)4(9)5(10)6(11)12/h2-4,7-9H,1H2,(H,11,12)(H2,13,14,15)/t2-,3-,4+/m1/s1. The predicted octanol–water partition coefficient (Wildman–Crippen LogP) is -3.17. The number of aliphatic carboxylic acids is 1. The summed E-state index contributed by atoms with van der Waals surface area (Å²) in [4.78, 5) is 37.3. The molecule has 3 atom stereocenters. The van der Waals surface area contributed by atoms with Crippen molar-refractivity contribution in [2.24, 2.45) is 0 Å². The van der Waals surface area contributed by atoms with Gasteiger partial charge in [-0.15, -0.1) is 0 Å². The quantitative estimate of drug-likeness (QED) is 0.204. The van der Waals surface area contributed by atoms with E-state index in [1.54, 1.807) is 0 Å². The zero-order chi connectivity index (χ0) is 13.8. The summed E-state index contributed by atoms with van der Waals surface area (Å²) >= 11 is 0. The van der Waals surface area contributed by atoms with Crippen LogP contribution >= 0.6 is 7.82 Å². The van der Waals surface area contributed by atoms with Gasteiger partial charge in [0.25, 0.3) is 5.78 Å². The molecule has 0 aromatic rings. The number of aliphatic hydroxyl groups excluding tert-OH is 3. The largest absolute Gasteiger partial charge is 0.475 e. The first kappa shape index (κ1) is 16.1. The molecule has 0 spiro atoms. The van der Waals surface area contributed by atoms with Gasteiger partial charge in [-0.05, 0) is 0 Å². The van der Waals surface area contributed by atoms with E-state index in [0.29, 0.717) is 0 Å². The average Bonchev–Trinajstić information content (AvgIpc) is 2.21. The van der Waals surface area contributed by atoms with Crippen molar-refractivity contribution >= 4 is 19.6 Å². The Balaban J connectivity index is 4.40. The first-order chi connectivity index (χ1) is 7.56. The Kier molecular flexibility index (Phi) is 5.85. The number of hydrogen-bond acceptors (Lipinski definition) is 7. The predicted molar refractivity (Wildman–Crippen MR) is 48.7 cm³/mol. The number of phosphoric acid groups is 1. The lowest BCUT2D eigenvalue weighted by Gasteiger charge is -2.20. The highest BCUT2D eigenvalue weighted by molar-refractivity contribution is 7.46. The zero-order valence-corrected chi connectivity index (χ0v) is 9.10. The molecule has 0 aromatic heterocycles. The van der Waals surface area contributed by atoms with Crippen molar-refractivity contribution < 1.29 is 48.9 Å². The highest BCUT2D eigenvalue weighted by Crippen LogP contribution is 2.35. The fourth-order valence-corrected chi connectivity index (χ4v) is 1.11. The number of phosphoric ester groups is 1. The van der Waals surface area contributed by atoms with Crippen LogP contribution in [0, 0.1) is 0 Å². The third kappa shape index (κ3) is 5.84. The number of rotatable bonds is 7. The number of carbonyl (C=O) groups is 2. The molecule has 0 saturated carbocycles. The Hall–Kier alpha value is -0.870. The van der Waals surface area contributed by atoms with Crippen molar-refractivity contribution in [1.29, 1.82) is 0 Å². The zero-order valence-electron chi connectivity index (χ0n) is 8.20. The Bertz CT molecular complexity index is 334. The van der Waals surface area contributed by atoms with Crippen molar-refractivity contribution in [1.82, 2.24) is 0 Å². The summed E-state index contributed by atoms with van der Waals surface area (Å²) in [6.45, 7) is -1.09. The number of Topliss-reactive ketones (excluding diaryl/α,β-unsaturated/α-hetero) is 1. The third-order valence-corrected chi connectivity index (χ3v) is 2.10. The molecule has 6 N–H and O–H groups in total. The minimum absolute atomic E-state index is 1.09. The van der Waals surface area contributed by atoms with Gasteiger partial charge in [0.15, 0.2) is 6.10 Å². The molecule has 0 bridgehead atoms. The van der Waals surface area contributed by atoms with Crippen LogP contribution in [0.5, 0.6) is 0 Å². The molecule has 0 aliphatic rings. The van der Waals surface area contributed by atoms with Crippen LogP contribution in [-0.2, 0) is 18.7 Å². The van der Waals surface area contributed by atoms with Gasteiger partial charge in [0.1, 0.15) is 12.2 Å². The molecule has 0 aliphatic carbocycles. The maximum absolute atomic E-state index is 10.7. The second-order valence-electron chi connectivity index (χ2n) is 2.96. The molecule has 0 amide bonds. The molecule has 0 fully saturated rings. The van der Waals surface area contributed by atoms with Crippen molar-refractivity contribution in [2.45, 2.75) is 18.3 Å². The van der Waals surface area contributed by atoms with Crippen LogP contribution in [0.15, 0.2) is 0 Å². The SMILES string of the molecule is O=C(O)C(=O)[C@@H](O)[C@H](O)[C@H](O)COP(=O)(O)O. The van der Waals surface area contributed by atoms with E-state index in [1.165, 1.54) is 0 Å². The first-order valence-electron chi connectivity index (χ1n) is 4.07. The van der Waals surface area contributed by atoms with Crippen LogP contribution in [0.4, 0.5) is 0 Å². The highest BCUT2D eigenvalue weighted by Gasteiger charge is 2.34. The fraction of sp³-hybridized carbons (Fsp3) is 0.667. The molecule has 11 heteroatoms. The number of aliphatic hydroxyl groups is 3. The Morgan fingerprint density at radius 1 is 1.18 bits per heavy atom. The maximum atomic E-state index is 10.7. The van der Waals surface area contributed by atoms with E-state index in [0.717, 1.165) is 0 Å². The van der Waals surface area contributed by atoms with E-state index in [1.807, 2.05) is 0 Å². The van der Waals surface area contributed by atoms with Crippen molar-refractivity contribution in [3.63, 3.8) is 0 Å². The maximum Gasteiger partial charge on any atom is 0.469 e. The molecular formula is C6H11O10P. The van der Waals surface area contributed by atoms with Gasteiger partial charge in [-0.25, -0.2) is 9.36 Å². The van der Waals surface area contributed by atoms with Crippen LogP contribution in [0.3, 0.4) is 0 Å². The van der Waals surface area contributed by atoms with E-state index in [9.17, 15) is 14.2 Å². The molecule has 0 unspecified atom stereocenters. The lowest BCUT2D eigenvalue weighted by molar-refractivity contribution is -0.159. The molecule has 0 heterocycles. The van der Waals surface area contributed by atoms with Gasteiger partial charge in [0, 0.05) is 0 Å². The number of carboxylic acids is 1. The number of carboxylic acid groups (broad SMARTS) is 1. The van der Waals surface area contributed by atoms with Gasteiger partial charge >= 0.3 is 13.8 Å². The monoisotopic (exact) mass is 274 g/mol. The van der Waals surface area contributed by atoms with Gasteiger partial charge in [-0.2, -0.15) is 0 Å². The molecule has 10 nitrogen and oxygen atoms in total. The minimum Gasteiger partial charge on any atom is -0.475 e. The fourth-order valence-electron chi connectivity index (χ4n) is 0.764. The summed E-state index contributed by atoms with van der Waals surface area (Å²) in [5.74, 6) is -3.80. The Labute approximate surface area is 94.3 Å². The molecule has 17 heavy (non-hydrogen) atoms. The topological polar surface area (TPSA) is 182 Å². The lowest BCUT2D eigenvalue weighted by Crippen LogP contribution is -2.46. The van der Waals surface area contributed by atoms with Crippen molar-refractivity contribution in [2.75, 3.05) is 6.61 Å². The van der Waals surface area contributed by atoms with E-state index >= 15 is 0 Å². The summed E-state index contributed by atoms with van der Waals surface area (Å²) in [5, 5.41) is 35.3. The van der Waals surface area contributed by atoms with Gasteiger partial charge in [0.05, 0.1) is 6.61 Å². The summed E-state index contributed by atoms with van der Waals surface area (Å²) < 4.78 is 14.0. The lowest BCUT2D eigenvalue weighted by atomic mass is 10.1. The Morgan fingerprint density at radius 3 is 2.00 bits per heavy atom. The molecule has 100 valence electrons. The first-order valence-corrected chi connectivity index (χ1v) is 5.60. The highest BCUT2D eigenvalue weighted by atomic mass is 31.2. The van der Waals surface area contributed by atoms with Crippen LogP contribution in [0.1, 0.15) is 0 Å². The molecular weight excluding hydrogens is 263 g/mol. The Morgan fingerprint density at radius 2 is 1.65 bits per heavy atom. The normalized spacial score (nSPS) is 17.2. The van der Waals surface area contributed by atoms with Crippen LogP contribution in [-0.4, -0.2) is 66.9 Å². The van der Waals surface area contributed by atoms with Crippen molar-refractivity contribution in [3.05, 3.63) is 0 Å². The summed E-state index contributed by atoms with van der Waals surface area (Å²) in [6.07, 6.45) is -6.71. The molecule has 0 aliphatic heterocycles. The van der Waals surface area contributed by atoms with Gasteiger partial charge in [-0.3, -0.25) is 9.32 Å². The summed E-state index contributed by atoms with van der Waals surface area (Å²) in [6, 6.07) is 0.